The Labute approximate surface area is 119 Å². The summed E-state index contributed by atoms with van der Waals surface area (Å²) in [6, 6.07) is 2.64. The van der Waals surface area contributed by atoms with Crippen LogP contribution in [0, 0.1) is 21.8 Å². The Kier molecular flexibility index (Phi) is 4.15. The first-order valence-electron chi connectivity index (χ1n) is 6.35. The van der Waals surface area contributed by atoms with Crippen molar-refractivity contribution in [1.82, 2.24) is 4.90 Å². The fourth-order valence-corrected chi connectivity index (χ4v) is 2.35. The Balaban J connectivity index is 2.23. The van der Waals surface area contributed by atoms with Crippen molar-refractivity contribution in [2.45, 2.75) is 12.8 Å². The van der Waals surface area contributed by atoms with E-state index in [1.807, 2.05) is 0 Å². The molecule has 1 aromatic rings. The van der Waals surface area contributed by atoms with Crippen LogP contribution < -0.4 is 0 Å². The highest BCUT2D eigenvalue weighted by atomic mass is 19.1. The highest BCUT2D eigenvalue weighted by Gasteiger charge is 2.29. The number of carbonyl (C=O) groups excluding carboxylic acids is 1. The molecule has 8 heteroatoms. The van der Waals surface area contributed by atoms with Crippen molar-refractivity contribution in [3.8, 4) is 0 Å². The van der Waals surface area contributed by atoms with E-state index in [2.05, 4.69) is 0 Å². The minimum absolute atomic E-state index is 0.0263. The average molecular weight is 296 g/mol. The van der Waals surface area contributed by atoms with Crippen LogP contribution in [0.3, 0.4) is 0 Å². The van der Waals surface area contributed by atoms with Crippen molar-refractivity contribution >= 4 is 17.6 Å². The van der Waals surface area contributed by atoms with E-state index in [4.69, 9.17) is 5.11 Å². The molecule has 112 valence electrons. The van der Waals surface area contributed by atoms with Crippen LogP contribution in [0.25, 0.3) is 0 Å². The molecule has 1 fully saturated rings. The molecule has 7 nitrogen and oxygen atoms in total. The van der Waals surface area contributed by atoms with E-state index in [0.717, 1.165) is 18.2 Å². The normalized spacial score (nSPS) is 18.3. The van der Waals surface area contributed by atoms with Gasteiger partial charge in [-0.1, -0.05) is 0 Å². The number of likely N-dealkylation sites (tertiary alicyclic amines) is 1. The number of nitro benzene ring substituents is 1. The zero-order chi connectivity index (χ0) is 15.6. The van der Waals surface area contributed by atoms with Gasteiger partial charge in [-0.3, -0.25) is 19.7 Å². The van der Waals surface area contributed by atoms with Crippen LogP contribution in [0.5, 0.6) is 0 Å². The molecule has 1 heterocycles. The lowest BCUT2D eigenvalue weighted by molar-refractivity contribution is -0.385. The van der Waals surface area contributed by atoms with Crippen molar-refractivity contribution in [1.29, 1.82) is 0 Å². The van der Waals surface area contributed by atoms with Gasteiger partial charge in [0.2, 0.25) is 0 Å². The van der Waals surface area contributed by atoms with Gasteiger partial charge < -0.3 is 10.0 Å². The predicted octanol–water partition coefficient (Wildman–Crippen LogP) is 1.67. The summed E-state index contributed by atoms with van der Waals surface area (Å²) in [5.74, 6) is -3.12. The number of halogens is 1. The summed E-state index contributed by atoms with van der Waals surface area (Å²) in [5.41, 5.74) is -0.655. The fraction of sp³-hybridized carbons (Fsp3) is 0.385. The molecule has 1 aromatic carbocycles. The zero-order valence-electron chi connectivity index (χ0n) is 11.0. The summed E-state index contributed by atoms with van der Waals surface area (Å²) < 4.78 is 13.4. The van der Waals surface area contributed by atoms with Crippen molar-refractivity contribution in [2.24, 2.45) is 5.92 Å². The molecule has 0 aliphatic carbocycles. The SMILES string of the molecule is O=C(O)[C@H]1CCCN(C(=O)c2cc(F)cc([N+](=O)[O-])c2)C1. The number of aliphatic carboxylic acids is 1. The van der Waals surface area contributed by atoms with Gasteiger partial charge in [0.25, 0.3) is 11.6 Å². The monoisotopic (exact) mass is 296 g/mol. The van der Waals surface area contributed by atoms with Crippen molar-refractivity contribution in [3.63, 3.8) is 0 Å². The van der Waals surface area contributed by atoms with Gasteiger partial charge in [0.1, 0.15) is 5.82 Å². The molecular formula is C13H13FN2O5. The van der Waals surface area contributed by atoms with Gasteiger partial charge in [-0.25, -0.2) is 4.39 Å². The lowest BCUT2D eigenvalue weighted by atomic mass is 9.97. The highest BCUT2D eigenvalue weighted by Crippen LogP contribution is 2.22. The number of carboxylic acids is 1. The maximum atomic E-state index is 13.4. The average Bonchev–Trinajstić information content (AvgIpc) is 2.45. The third-order valence-electron chi connectivity index (χ3n) is 3.40. The van der Waals surface area contributed by atoms with E-state index in [0.29, 0.717) is 19.4 Å². The Hall–Kier alpha value is -2.51. The number of nitro groups is 1. The maximum Gasteiger partial charge on any atom is 0.308 e. The molecule has 0 radical (unpaired) electrons. The van der Waals surface area contributed by atoms with Gasteiger partial charge in [-0.15, -0.1) is 0 Å². The van der Waals surface area contributed by atoms with Crippen LogP contribution in [0.4, 0.5) is 10.1 Å². The van der Waals surface area contributed by atoms with E-state index in [1.165, 1.54) is 4.90 Å². The molecule has 1 saturated heterocycles. The summed E-state index contributed by atoms with van der Waals surface area (Å²) in [4.78, 5) is 34.4. The molecule has 1 aliphatic rings. The topological polar surface area (TPSA) is 101 Å². The summed E-state index contributed by atoms with van der Waals surface area (Å²) in [6.45, 7) is 0.380. The summed E-state index contributed by atoms with van der Waals surface area (Å²) in [7, 11) is 0. The van der Waals surface area contributed by atoms with Crippen LogP contribution in [0.15, 0.2) is 18.2 Å². The molecule has 1 aliphatic heterocycles. The minimum Gasteiger partial charge on any atom is -0.481 e. The number of nitrogens with zero attached hydrogens (tertiary/aromatic N) is 2. The van der Waals surface area contributed by atoms with E-state index in [9.17, 15) is 24.1 Å². The third kappa shape index (κ3) is 3.33. The lowest BCUT2D eigenvalue weighted by Crippen LogP contribution is -2.42. The predicted molar refractivity (Wildman–Crippen MR) is 69.3 cm³/mol. The summed E-state index contributed by atoms with van der Waals surface area (Å²) in [6.07, 6.45) is 1.00. The molecule has 2 rings (SSSR count). The number of amides is 1. The van der Waals surface area contributed by atoms with Crippen LogP contribution in [0.1, 0.15) is 23.2 Å². The van der Waals surface area contributed by atoms with Crippen LogP contribution >= 0.6 is 0 Å². The number of hydrogen-bond acceptors (Lipinski definition) is 4. The zero-order valence-corrected chi connectivity index (χ0v) is 11.0. The van der Waals surface area contributed by atoms with Crippen molar-refractivity contribution < 1.29 is 24.0 Å². The van der Waals surface area contributed by atoms with E-state index >= 15 is 0 Å². The van der Waals surface area contributed by atoms with Crippen molar-refractivity contribution in [2.75, 3.05) is 13.1 Å². The number of carbonyl (C=O) groups is 2. The third-order valence-corrected chi connectivity index (χ3v) is 3.40. The molecule has 0 saturated carbocycles. The van der Waals surface area contributed by atoms with E-state index < -0.39 is 34.2 Å². The molecule has 1 amide bonds. The van der Waals surface area contributed by atoms with Crippen LogP contribution in [0.2, 0.25) is 0 Å². The quantitative estimate of drug-likeness (QED) is 0.675. The van der Waals surface area contributed by atoms with Crippen LogP contribution in [-0.2, 0) is 4.79 Å². The molecule has 0 bridgehead atoms. The van der Waals surface area contributed by atoms with Gasteiger partial charge in [0.05, 0.1) is 16.9 Å². The number of non-ortho nitro benzene ring substituents is 1. The second-order valence-electron chi connectivity index (χ2n) is 4.88. The first-order chi connectivity index (χ1) is 9.88. The molecule has 0 aromatic heterocycles. The van der Waals surface area contributed by atoms with E-state index in [1.54, 1.807) is 0 Å². The van der Waals surface area contributed by atoms with E-state index in [-0.39, 0.29) is 12.1 Å². The van der Waals surface area contributed by atoms with Gasteiger partial charge in [0, 0.05) is 24.7 Å². The molecule has 1 N–H and O–H groups in total. The molecule has 1 atom stereocenters. The van der Waals surface area contributed by atoms with Gasteiger partial charge in [-0.2, -0.15) is 0 Å². The van der Waals surface area contributed by atoms with Gasteiger partial charge in [-0.05, 0) is 18.9 Å². The number of hydrogen-bond donors (Lipinski definition) is 1. The minimum atomic E-state index is -0.988. The second-order valence-corrected chi connectivity index (χ2v) is 4.88. The second kappa shape index (κ2) is 5.86. The van der Waals surface area contributed by atoms with Crippen LogP contribution in [-0.4, -0.2) is 39.9 Å². The number of piperidine rings is 1. The van der Waals surface area contributed by atoms with Crippen molar-refractivity contribution in [3.05, 3.63) is 39.7 Å². The number of benzene rings is 1. The fourth-order valence-electron chi connectivity index (χ4n) is 2.35. The highest BCUT2D eigenvalue weighted by molar-refractivity contribution is 5.95. The Morgan fingerprint density at radius 2 is 2.10 bits per heavy atom. The smallest absolute Gasteiger partial charge is 0.308 e. The Morgan fingerprint density at radius 1 is 1.38 bits per heavy atom. The maximum absolute atomic E-state index is 13.4. The van der Waals surface area contributed by atoms with Gasteiger partial charge in [0.15, 0.2) is 0 Å². The number of rotatable bonds is 3. The first-order valence-corrected chi connectivity index (χ1v) is 6.35. The molecule has 21 heavy (non-hydrogen) atoms. The Morgan fingerprint density at radius 3 is 2.71 bits per heavy atom. The number of carboxylic acid groups (broad SMARTS) is 1. The molecular weight excluding hydrogens is 283 g/mol. The first kappa shape index (κ1) is 14.9. The summed E-state index contributed by atoms with van der Waals surface area (Å²) in [5, 5.41) is 19.7. The van der Waals surface area contributed by atoms with Gasteiger partial charge >= 0.3 is 5.97 Å². The summed E-state index contributed by atoms with van der Waals surface area (Å²) >= 11 is 0. The Bertz CT molecular complexity index is 604. The molecule has 0 spiro atoms. The molecule has 0 unspecified atom stereocenters. The lowest BCUT2D eigenvalue weighted by Gasteiger charge is -2.30. The largest absolute Gasteiger partial charge is 0.481 e. The standard InChI is InChI=1S/C13H13FN2O5/c14-10-4-9(5-11(6-10)16(20)21)12(17)15-3-1-2-8(7-15)13(18)19/h4-6,8H,1-3,7H2,(H,18,19)/t8-/m0/s1.